The Morgan fingerprint density at radius 1 is 1.16 bits per heavy atom. The summed E-state index contributed by atoms with van der Waals surface area (Å²) in [6, 6.07) is 14.6. The third-order valence-electron chi connectivity index (χ3n) is 2.59. The van der Waals surface area contributed by atoms with E-state index in [0.717, 1.165) is 11.1 Å². The van der Waals surface area contributed by atoms with E-state index in [-0.39, 0.29) is 5.91 Å². The molecule has 4 heteroatoms. The van der Waals surface area contributed by atoms with Gasteiger partial charge in [-0.15, -0.1) is 0 Å². The van der Waals surface area contributed by atoms with E-state index >= 15 is 0 Å². The van der Waals surface area contributed by atoms with Gasteiger partial charge in [-0.1, -0.05) is 47.5 Å². The maximum absolute atomic E-state index is 11.8. The SMILES string of the molecule is Cc1ccc(C(=O)NN=Cc2ccccc2Cl)cc1. The molecular weight excluding hydrogens is 260 g/mol. The average Bonchev–Trinajstić information content (AvgIpc) is 2.41. The number of aryl methyl sites for hydroxylation is 1. The maximum atomic E-state index is 11.8. The van der Waals surface area contributed by atoms with Gasteiger partial charge in [-0.05, 0) is 25.1 Å². The standard InChI is InChI=1S/C15H13ClN2O/c1-11-6-8-12(9-7-11)15(19)18-17-10-13-4-2-3-5-14(13)16/h2-10H,1H3,(H,18,19). The van der Waals surface area contributed by atoms with Gasteiger partial charge >= 0.3 is 0 Å². The smallest absolute Gasteiger partial charge is 0.267 e. The number of carbonyl (C=O) groups excluding carboxylic acids is 1. The van der Waals surface area contributed by atoms with Gasteiger partial charge in [-0.2, -0.15) is 5.10 Å². The van der Waals surface area contributed by atoms with Gasteiger partial charge in [0.05, 0.1) is 6.21 Å². The molecule has 19 heavy (non-hydrogen) atoms. The highest BCUT2D eigenvalue weighted by Gasteiger charge is 2.02. The lowest BCUT2D eigenvalue weighted by Gasteiger charge is -2.00. The number of nitrogens with zero attached hydrogens (tertiary/aromatic N) is 1. The summed E-state index contributed by atoms with van der Waals surface area (Å²) in [5.41, 5.74) is 4.90. The van der Waals surface area contributed by atoms with Crippen LogP contribution in [0.5, 0.6) is 0 Å². The number of nitrogens with one attached hydrogen (secondary N) is 1. The van der Waals surface area contributed by atoms with Crippen molar-refractivity contribution in [2.75, 3.05) is 0 Å². The van der Waals surface area contributed by atoms with Crippen LogP contribution in [-0.4, -0.2) is 12.1 Å². The van der Waals surface area contributed by atoms with Gasteiger partial charge in [-0.25, -0.2) is 5.43 Å². The summed E-state index contributed by atoms with van der Waals surface area (Å²) >= 11 is 5.97. The quantitative estimate of drug-likeness (QED) is 0.675. The Kier molecular flexibility index (Phi) is 4.31. The second-order valence-electron chi connectivity index (χ2n) is 4.09. The van der Waals surface area contributed by atoms with E-state index in [9.17, 15) is 4.79 Å². The molecule has 3 nitrogen and oxygen atoms in total. The van der Waals surface area contributed by atoms with Crippen LogP contribution in [0.25, 0.3) is 0 Å². The van der Waals surface area contributed by atoms with Crippen molar-refractivity contribution in [3.8, 4) is 0 Å². The van der Waals surface area contributed by atoms with Gasteiger partial charge < -0.3 is 0 Å². The fraction of sp³-hybridized carbons (Fsp3) is 0.0667. The van der Waals surface area contributed by atoms with E-state index in [0.29, 0.717) is 10.6 Å². The Bertz CT molecular complexity index is 606. The van der Waals surface area contributed by atoms with Crippen molar-refractivity contribution < 1.29 is 4.79 Å². The molecule has 0 unspecified atom stereocenters. The summed E-state index contributed by atoms with van der Waals surface area (Å²) < 4.78 is 0. The van der Waals surface area contributed by atoms with Crippen molar-refractivity contribution in [3.63, 3.8) is 0 Å². The normalized spacial score (nSPS) is 10.6. The number of amides is 1. The number of rotatable bonds is 3. The highest BCUT2D eigenvalue weighted by atomic mass is 35.5. The fourth-order valence-electron chi connectivity index (χ4n) is 1.51. The Hall–Kier alpha value is -2.13. The summed E-state index contributed by atoms with van der Waals surface area (Å²) in [6.45, 7) is 1.97. The molecule has 0 spiro atoms. The van der Waals surface area contributed by atoms with E-state index < -0.39 is 0 Å². The molecule has 0 saturated carbocycles. The topological polar surface area (TPSA) is 41.5 Å². The van der Waals surface area contributed by atoms with Gasteiger partial charge in [-0.3, -0.25) is 4.79 Å². The number of hydrogen-bond donors (Lipinski definition) is 1. The van der Waals surface area contributed by atoms with Crippen LogP contribution in [0.4, 0.5) is 0 Å². The highest BCUT2D eigenvalue weighted by molar-refractivity contribution is 6.33. The molecule has 2 aromatic rings. The lowest BCUT2D eigenvalue weighted by molar-refractivity contribution is 0.0955. The van der Waals surface area contributed by atoms with Gasteiger partial charge in [0.2, 0.25) is 0 Å². The number of hydrogen-bond acceptors (Lipinski definition) is 2. The summed E-state index contributed by atoms with van der Waals surface area (Å²) in [4.78, 5) is 11.8. The largest absolute Gasteiger partial charge is 0.271 e. The molecule has 96 valence electrons. The first-order valence-corrected chi connectivity index (χ1v) is 6.19. The summed E-state index contributed by atoms with van der Waals surface area (Å²) in [6.07, 6.45) is 1.52. The van der Waals surface area contributed by atoms with E-state index in [1.807, 2.05) is 37.3 Å². The average molecular weight is 273 g/mol. The molecule has 0 aliphatic carbocycles. The van der Waals surface area contributed by atoms with Crippen LogP contribution in [0.3, 0.4) is 0 Å². The Morgan fingerprint density at radius 2 is 1.84 bits per heavy atom. The molecule has 2 rings (SSSR count). The van der Waals surface area contributed by atoms with E-state index in [1.165, 1.54) is 6.21 Å². The number of halogens is 1. The molecule has 1 N–H and O–H groups in total. The van der Waals surface area contributed by atoms with Gasteiger partial charge in [0.15, 0.2) is 0 Å². The Balaban J connectivity index is 2.01. The van der Waals surface area contributed by atoms with Gasteiger partial charge in [0.1, 0.15) is 0 Å². The van der Waals surface area contributed by atoms with Crippen molar-refractivity contribution in [1.82, 2.24) is 5.43 Å². The first-order chi connectivity index (χ1) is 9.16. The molecule has 1 amide bonds. The molecule has 0 aliphatic rings. The van der Waals surface area contributed by atoms with Crippen LogP contribution >= 0.6 is 11.6 Å². The first-order valence-electron chi connectivity index (χ1n) is 5.81. The third-order valence-corrected chi connectivity index (χ3v) is 2.93. The predicted molar refractivity (Wildman–Crippen MR) is 77.7 cm³/mol. The summed E-state index contributed by atoms with van der Waals surface area (Å²) in [5, 5.41) is 4.49. The van der Waals surface area contributed by atoms with Crippen molar-refractivity contribution in [3.05, 3.63) is 70.2 Å². The van der Waals surface area contributed by atoms with E-state index in [2.05, 4.69) is 10.5 Å². The zero-order valence-corrected chi connectivity index (χ0v) is 11.2. The molecule has 0 radical (unpaired) electrons. The zero-order chi connectivity index (χ0) is 13.7. The summed E-state index contributed by atoms with van der Waals surface area (Å²) in [7, 11) is 0. The minimum absolute atomic E-state index is 0.247. The maximum Gasteiger partial charge on any atom is 0.271 e. The predicted octanol–water partition coefficient (Wildman–Crippen LogP) is 3.41. The molecule has 0 atom stereocenters. The van der Waals surface area contributed by atoms with Crippen LogP contribution in [0.15, 0.2) is 53.6 Å². The first kappa shape index (κ1) is 13.3. The minimum atomic E-state index is -0.247. The van der Waals surface area contributed by atoms with Gasteiger partial charge in [0, 0.05) is 16.1 Å². The lowest BCUT2D eigenvalue weighted by Crippen LogP contribution is -2.17. The van der Waals surface area contributed by atoms with E-state index in [1.54, 1.807) is 18.2 Å². The minimum Gasteiger partial charge on any atom is -0.267 e. The highest BCUT2D eigenvalue weighted by Crippen LogP contribution is 2.12. The van der Waals surface area contributed by atoms with Crippen LogP contribution in [0.1, 0.15) is 21.5 Å². The second kappa shape index (κ2) is 6.16. The van der Waals surface area contributed by atoms with Crippen molar-refractivity contribution >= 4 is 23.7 Å². The zero-order valence-electron chi connectivity index (χ0n) is 10.4. The molecule has 0 heterocycles. The Morgan fingerprint density at radius 3 is 2.53 bits per heavy atom. The molecular formula is C15H13ClN2O. The monoisotopic (exact) mass is 272 g/mol. The van der Waals surface area contributed by atoms with Crippen molar-refractivity contribution in [1.29, 1.82) is 0 Å². The van der Waals surface area contributed by atoms with Crippen molar-refractivity contribution in [2.45, 2.75) is 6.92 Å². The van der Waals surface area contributed by atoms with Crippen LogP contribution in [0, 0.1) is 6.92 Å². The van der Waals surface area contributed by atoms with Crippen LogP contribution in [0.2, 0.25) is 5.02 Å². The van der Waals surface area contributed by atoms with E-state index in [4.69, 9.17) is 11.6 Å². The molecule has 2 aromatic carbocycles. The van der Waals surface area contributed by atoms with Crippen LogP contribution < -0.4 is 5.43 Å². The van der Waals surface area contributed by atoms with Crippen molar-refractivity contribution in [2.24, 2.45) is 5.10 Å². The Labute approximate surface area is 116 Å². The lowest BCUT2D eigenvalue weighted by atomic mass is 10.1. The van der Waals surface area contributed by atoms with Crippen LogP contribution in [-0.2, 0) is 0 Å². The number of hydrazone groups is 1. The second-order valence-corrected chi connectivity index (χ2v) is 4.49. The molecule has 0 aliphatic heterocycles. The molecule has 0 fully saturated rings. The fourth-order valence-corrected chi connectivity index (χ4v) is 1.69. The number of carbonyl (C=O) groups is 1. The molecule has 0 bridgehead atoms. The third kappa shape index (κ3) is 3.66. The van der Waals surface area contributed by atoms with Gasteiger partial charge in [0.25, 0.3) is 5.91 Å². The summed E-state index contributed by atoms with van der Waals surface area (Å²) in [5.74, 6) is -0.247. The molecule has 0 aromatic heterocycles. The number of benzene rings is 2. The molecule has 0 saturated heterocycles.